The second-order valence-corrected chi connectivity index (χ2v) is 5.30. The van der Waals surface area contributed by atoms with E-state index in [1.54, 1.807) is 0 Å². The Morgan fingerprint density at radius 2 is 2.41 bits per heavy atom. The maximum atomic E-state index is 5.97. The minimum absolute atomic E-state index is 0.634. The summed E-state index contributed by atoms with van der Waals surface area (Å²) in [4.78, 5) is 1.13. The molecule has 0 unspecified atom stereocenters. The standard InChI is InChI=1S/C13H20N2OS/c1-2-16-11-5-6-12(14)13(8-11)17-9-10-4-3-7-15-10/h5-6,8,10,15H,2-4,7,9,14H2,1H3/t10-/m0/s1. The maximum absolute atomic E-state index is 5.97. The monoisotopic (exact) mass is 252 g/mol. The van der Waals surface area contributed by atoms with Gasteiger partial charge in [0, 0.05) is 22.4 Å². The molecule has 0 saturated carbocycles. The van der Waals surface area contributed by atoms with Gasteiger partial charge in [-0.3, -0.25) is 0 Å². The molecule has 0 spiro atoms. The van der Waals surface area contributed by atoms with Crippen LogP contribution in [0.25, 0.3) is 0 Å². The van der Waals surface area contributed by atoms with E-state index in [0.717, 1.165) is 28.6 Å². The van der Waals surface area contributed by atoms with Crippen LogP contribution in [-0.4, -0.2) is 24.9 Å². The van der Waals surface area contributed by atoms with Gasteiger partial charge in [-0.15, -0.1) is 11.8 Å². The van der Waals surface area contributed by atoms with Crippen LogP contribution in [0.3, 0.4) is 0 Å². The molecule has 1 aliphatic rings. The predicted octanol–water partition coefficient (Wildman–Crippen LogP) is 2.51. The van der Waals surface area contributed by atoms with Crippen molar-refractivity contribution >= 4 is 17.4 Å². The number of thioether (sulfide) groups is 1. The molecule has 1 saturated heterocycles. The minimum atomic E-state index is 0.634. The van der Waals surface area contributed by atoms with Crippen molar-refractivity contribution in [1.82, 2.24) is 5.32 Å². The van der Waals surface area contributed by atoms with Gasteiger partial charge in [0.1, 0.15) is 5.75 Å². The first kappa shape index (κ1) is 12.6. The van der Waals surface area contributed by atoms with Crippen molar-refractivity contribution in [2.24, 2.45) is 0 Å². The molecule has 1 aromatic carbocycles. The van der Waals surface area contributed by atoms with Gasteiger partial charge in [0.05, 0.1) is 6.61 Å². The molecule has 0 aromatic heterocycles. The zero-order valence-corrected chi connectivity index (χ0v) is 11.1. The number of rotatable bonds is 5. The van der Waals surface area contributed by atoms with Crippen LogP contribution in [0, 0.1) is 0 Å². The van der Waals surface area contributed by atoms with Crippen LogP contribution in [0.4, 0.5) is 5.69 Å². The lowest BCUT2D eigenvalue weighted by molar-refractivity contribution is 0.339. The largest absolute Gasteiger partial charge is 0.494 e. The second-order valence-electron chi connectivity index (χ2n) is 4.24. The highest BCUT2D eigenvalue weighted by molar-refractivity contribution is 7.99. The summed E-state index contributed by atoms with van der Waals surface area (Å²) in [6, 6.07) is 6.53. The average molecular weight is 252 g/mol. The van der Waals surface area contributed by atoms with Crippen molar-refractivity contribution in [3.8, 4) is 5.75 Å². The molecule has 1 atom stereocenters. The van der Waals surface area contributed by atoms with E-state index in [0.29, 0.717) is 12.6 Å². The molecule has 0 bridgehead atoms. The van der Waals surface area contributed by atoms with Crippen LogP contribution in [0.15, 0.2) is 23.1 Å². The summed E-state index contributed by atoms with van der Waals surface area (Å²) in [7, 11) is 0. The van der Waals surface area contributed by atoms with Gasteiger partial charge < -0.3 is 15.8 Å². The van der Waals surface area contributed by atoms with Crippen LogP contribution >= 0.6 is 11.8 Å². The predicted molar refractivity (Wildman–Crippen MR) is 73.8 cm³/mol. The van der Waals surface area contributed by atoms with E-state index in [-0.39, 0.29) is 0 Å². The molecule has 2 rings (SSSR count). The number of nitrogens with one attached hydrogen (secondary N) is 1. The van der Waals surface area contributed by atoms with E-state index in [1.807, 2.05) is 36.9 Å². The van der Waals surface area contributed by atoms with Gasteiger partial charge in [0.25, 0.3) is 0 Å². The van der Waals surface area contributed by atoms with Crippen LogP contribution < -0.4 is 15.8 Å². The quantitative estimate of drug-likeness (QED) is 0.624. The van der Waals surface area contributed by atoms with Crippen LogP contribution in [0.2, 0.25) is 0 Å². The third kappa shape index (κ3) is 3.54. The van der Waals surface area contributed by atoms with Gasteiger partial charge in [0.2, 0.25) is 0 Å². The van der Waals surface area contributed by atoms with Crippen molar-refractivity contribution < 1.29 is 4.74 Å². The fourth-order valence-corrected chi connectivity index (χ4v) is 3.08. The van der Waals surface area contributed by atoms with E-state index in [1.165, 1.54) is 12.8 Å². The smallest absolute Gasteiger partial charge is 0.120 e. The summed E-state index contributed by atoms with van der Waals surface area (Å²) < 4.78 is 5.49. The van der Waals surface area contributed by atoms with Gasteiger partial charge in [-0.25, -0.2) is 0 Å². The number of hydrogen-bond donors (Lipinski definition) is 2. The lowest BCUT2D eigenvalue weighted by Crippen LogP contribution is -2.23. The SMILES string of the molecule is CCOc1ccc(N)c(SC[C@@H]2CCCN2)c1. The lowest BCUT2D eigenvalue weighted by atomic mass is 10.3. The van der Waals surface area contributed by atoms with Crippen LogP contribution in [0.5, 0.6) is 5.75 Å². The van der Waals surface area contributed by atoms with Crippen molar-refractivity contribution in [3.63, 3.8) is 0 Å². The summed E-state index contributed by atoms with van der Waals surface area (Å²) in [6.45, 7) is 3.84. The van der Waals surface area contributed by atoms with Crippen molar-refractivity contribution in [2.45, 2.75) is 30.7 Å². The molecule has 1 aliphatic heterocycles. The Balaban J connectivity index is 1.95. The second kappa shape index (κ2) is 6.17. The molecule has 1 heterocycles. The van der Waals surface area contributed by atoms with Gasteiger partial charge in [-0.05, 0) is 44.5 Å². The Labute approximate surface area is 107 Å². The topological polar surface area (TPSA) is 47.3 Å². The van der Waals surface area contributed by atoms with Gasteiger partial charge in [-0.2, -0.15) is 0 Å². The van der Waals surface area contributed by atoms with Crippen LogP contribution in [0.1, 0.15) is 19.8 Å². The van der Waals surface area contributed by atoms with Crippen molar-refractivity contribution in [3.05, 3.63) is 18.2 Å². The summed E-state index contributed by atoms with van der Waals surface area (Å²) in [5.74, 6) is 1.99. The van der Waals surface area contributed by atoms with Crippen LogP contribution in [-0.2, 0) is 0 Å². The van der Waals surface area contributed by atoms with E-state index < -0.39 is 0 Å². The van der Waals surface area contributed by atoms with E-state index in [9.17, 15) is 0 Å². The zero-order valence-electron chi connectivity index (χ0n) is 10.2. The van der Waals surface area contributed by atoms with Crippen molar-refractivity contribution in [2.75, 3.05) is 24.6 Å². The number of anilines is 1. The third-order valence-electron chi connectivity index (χ3n) is 2.90. The molecule has 0 radical (unpaired) electrons. The number of benzene rings is 1. The Hall–Kier alpha value is -0.870. The molecule has 0 aliphatic carbocycles. The number of nitrogen functional groups attached to an aromatic ring is 1. The third-order valence-corrected chi connectivity index (χ3v) is 4.13. The Morgan fingerprint density at radius 1 is 1.53 bits per heavy atom. The molecular formula is C13H20N2OS. The highest BCUT2D eigenvalue weighted by Crippen LogP contribution is 2.30. The lowest BCUT2D eigenvalue weighted by Gasteiger charge is -2.12. The molecule has 1 aromatic rings. The summed E-state index contributed by atoms with van der Waals surface area (Å²) in [5, 5.41) is 3.49. The zero-order chi connectivity index (χ0) is 12.1. The highest BCUT2D eigenvalue weighted by atomic mass is 32.2. The molecule has 1 fully saturated rings. The molecular weight excluding hydrogens is 232 g/mol. The Bertz CT molecular complexity index is 364. The van der Waals surface area contributed by atoms with Crippen molar-refractivity contribution in [1.29, 1.82) is 0 Å². The maximum Gasteiger partial charge on any atom is 0.120 e. The minimum Gasteiger partial charge on any atom is -0.494 e. The number of nitrogens with two attached hydrogens (primary N) is 1. The first-order valence-electron chi connectivity index (χ1n) is 6.18. The van der Waals surface area contributed by atoms with Gasteiger partial charge in [0.15, 0.2) is 0 Å². The summed E-state index contributed by atoms with van der Waals surface area (Å²) in [5.41, 5.74) is 6.82. The van der Waals surface area contributed by atoms with Gasteiger partial charge >= 0.3 is 0 Å². The molecule has 4 heteroatoms. The Kier molecular flexibility index (Phi) is 4.57. The highest BCUT2D eigenvalue weighted by Gasteiger charge is 2.14. The number of hydrogen-bond acceptors (Lipinski definition) is 4. The van der Waals surface area contributed by atoms with E-state index in [2.05, 4.69) is 5.32 Å². The number of ether oxygens (including phenoxy) is 1. The molecule has 94 valence electrons. The molecule has 3 N–H and O–H groups in total. The Morgan fingerprint density at radius 3 is 3.12 bits per heavy atom. The van der Waals surface area contributed by atoms with Gasteiger partial charge in [-0.1, -0.05) is 0 Å². The first-order chi connectivity index (χ1) is 8.29. The summed E-state index contributed by atoms with van der Waals surface area (Å²) >= 11 is 1.82. The normalized spacial score (nSPS) is 19.5. The average Bonchev–Trinajstić information content (AvgIpc) is 2.83. The molecule has 0 amide bonds. The fourth-order valence-electron chi connectivity index (χ4n) is 1.99. The molecule has 3 nitrogen and oxygen atoms in total. The van der Waals surface area contributed by atoms with E-state index in [4.69, 9.17) is 10.5 Å². The fraction of sp³-hybridized carbons (Fsp3) is 0.538. The summed E-state index contributed by atoms with van der Waals surface area (Å²) in [6.07, 6.45) is 2.57. The van der Waals surface area contributed by atoms with E-state index >= 15 is 0 Å². The first-order valence-corrected chi connectivity index (χ1v) is 7.16. The molecule has 17 heavy (non-hydrogen) atoms.